The van der Waals surface area contributed by atoms with E-state index in [2.05, 4.69) is 31.3 Å². The maximum absolute atomic E-state index is 6.15. The molecule has 1 saturated heterocycles. The molecule has 4 heteroatoms. The number of nitrogens with one attached hydrogen (secondary N) is 1. The van der Waals surface area contributed by atoms with Gasteiger partial charge in [0.1, 0.15) is 5.75 Å². The number of benzene rings is 1. The third-order valence-corrected chi connectivity index (χ3v) is 4.55. The Bertz CT molecular complexity index is 452. The Morgan fingerprint density at radius 2 is 2.24 bits per heavy atom. The monoisotopic (exact) mass is 311 g/mol. The summed E-state index contributed by atoms with van der Waals surface area (Å²) in [6.45, 7) is 6.25. The second kappa shape index (κ2) is 8.02. The lowest BCUT2D eigenvalue weighted by atomic mass is 9.86. The van der Waals surface area contributed by atoms with Gasteiger partial charge in [0.25, 0.3) is 0 Å². The van der Waals surface area contributed by atoms with Crippen molar-refractivity contribution in [1.29, 1.82) is 0 Å². The molecule has 1 N–H and O–H groups in total. The Hall–Kier alpha value is -0.770. The van der Waals surface area contributed by atoms with E-state index in [0.717, 1.165) is 38.2 Å². The van der Waals surface area contributed by atoms with E-state index in [9.17, 15) is 0 Å². The van der Waals surface area contributed by atoms with Crippen molar-refractivity contribution in [3.8, 4) is 5.75 Å². The van der Waals surface area contributed by atoms with Crippen LogP contribution in [-0.4, -0.2) is 26.4 Å². The molecule has 0 bridgehead atoms. The number of rotatable bonds is 7. The zero-order valence-electron chi connectivity index (χ0n) is 13.2. The van der Waals surface area contributed by atoms with E-state index in [0.29, 0.717) is 23.1 Å². The van der Waals surface area contributed by atoms with Crippen LogP contribution >= 0.6 is 11.6 Å². The van der Waals surface area contributed by atoms with E-state index in [1.54, 1.807) is 7.11 Å². The molecule has 1 aliphatic heterocycles. The lowest BCUT2D eigenvalue weighted by Gasteiger charge is -2.29. The molecule has 0 radical (unpaired) electrons. The van der Waals surface area contributed by atoms with Crippen LogP contribution < -0.4 is 10.1 Å². The molecule has 0 aliphatic carbocycles. The van der Waals surface area contributed by atoms with Gasteiger partial charge >= 0.3 is 0 Å². The molecule has 1 aromatic carbocycles. The van der Waals surface area contributed by atoms with Crippen molar-refractivity contribution in [1.82, 2.24) is 5.32 Å². The van der Waals surface area contributed by atoms with Gasteiger partial charge in [-0.1, -0.05) is 31.5 Å². The van der Waals surface area contributed by atoms with Crippen molar-refractivity contribution in [2.24, 2.45) is 5.92 Å². The summed E-state index contributed by atoms with van der Waals surface area (Å²) in [4.78, 5) is 0. The van der Waals surface area contributed by atoms with Gasteiger partial charge in [-0.3, -0.25) is 0 Å². The largest absolute Gasteiger partial charge is 0.495 e. The molecule has 0 amide bonds. The molecule has 3 atom stereocenters. The Morgan fingerprint density at radius 3 is 2.90 bits per heavy atom. The highest BCUT2D eigenvalue weighted by molar-refractivity contribution is 6.32. The van der Waals surface area contributed by atoms with Crippen molar-refractivity contribution in [3.63, 3.8) is 0 Å². The van der Waals surface area contributed by atoms with Crippen LogP contribution in [0.15, 0.2) is 18.2 Å². The van der Waals surface area contributed by atoms with Gasteiger partial charge in [-0.25, -0.2) is 0 Å². The van der Waals surface area contributed by atoms with Crippen LogP contribution in [0.5, 0.6) is 5.75 Å². The van der Waals surface area contributed by atoms with E-state index >= 15 is 0 Å². The fraction of sp³-hybridized carbons (Fsp3) is 0.647. The minimum atomic E-state index is 0.295. The van der Waals surface area contributed by atoms with E-state index < -0.39 is 0 Å². The van der Waals surface area contributed by atoms with Crippen LogP contribution in [0.4, 0.5) is 0 Å². The molecule has 0 aromatic heterocycles. The minimum Gasteiger partial charge on any atom is -0.495 e. The van der Waals surface area contributed by atoms with Crippen LogP contribution in [0.2, 0.25) is 5.02 Å². The number of ether oxygens (including phenoxy) is 2. The Morgan fingerprint density at radius 1 is 1.43 bits per heavy atom. The van der Waals surface area contributed by atoms with Crippen molar-refractivity contribution in [2.45, 2.75) is 45.3 Å². The summed E-state index contributed by atoms with van der Waals surface area (Å²) in [6.07, 6.45) is 3.61. The molecular weight excluding hydrogens is 286 g/mol. The highest BCUT2D eigenvalue weighted by atomic mass is 35.5. The highest BCUT2D eigenvalue weighted by Gasteiger charge is 2.34. The maximum Gasteiger partial charge on any atom is 0.137 e. The average molecular weight is 312 g/mol. The van der Waals surface area contributed by atoms with E-state index in [4.69, 9.17) is 21.1 Å². The van der Waals surface area contributed by atoms with Gasteiger partial charge in [0.15, 0.2) is 0 Å². The van der Waals surface area contributed by atoms with Gasteiger partial charge in [-0.2, -0.15) is 0 Å². The fourth-order valence-corrected chi connectivity index (χ4v) is 3.35. The first-order valence-electron chi connectivity index (χ1n) is 7.89. The van der Waals surface area contributed by atoms with Crippen LogP contribution in [0.1, 0.15) is 44.7 Å². The second-order valence-electron chi connectivity index (χ2n) is 5.60. The first kappa shape index (κ1) is 16.6. The molecule has 21 heavy (non-hydrogen) atoms. The molecular formula is C17H26ClNO2. The van der Waals surface area contributed by atoms with Gasteiger partial charge in [0, 0.05) is 18.6 Å². The second-order valence-corrected chi connectivity index (χ2v) is 6.00. The van der Waals surface area contributed by atoms with Crippen molar-refractivity contribution in [2.75, 3.05) is 20.3 Å². The molecule has 0 spiro atoms. The van der Waals surface area contributed by atoms with Crippen molar-refractivity contribution < 1.29 is 9.47 Å². The highest BCUT2D eigenvalue weighted by Crippen LogP contribution is 2.37. The molecule has 1 aliphatic rings. The topological polar surface area (TPSA) is 30.5 Å². The molecule has 2 rings (SSSR count). The smallest absolute Gasteiger partial charge is 0.137 e. The predicted molar refractivity (Wildman–Crippen MR) is 87.2 cm³/mol. The first-order valence-corrected chi connectivity index (χ1v) is 8.27. The maximum atomic E-state index is 6.15. The van der Waals surface area contributed by atoms with Crippen molar-refractivity contribution in [3.05, 3.63) is 28.8 Å². The zero-order valence-corrected chi connectivity index (χ0v) is 14.0. The molecule has 1 fully saturated rings. The number of hydrogen-bond acceptors (Lipinski definition) is 3. The molecule has 3 nitrogen and oxygen atoms in total. The Kier molecular flexibility index (Phi) is 6.34. The van der Waals surface area contributed by atoms with Gasteiger partial charge in [0.2, 0.25) is 0 Å². The number of methoxy groups -OCH3 is 1. The summed E-state index contributed by atoms with van der Waals surface area (Å²) in [5, 5.41) is 4.34. The predicted octanol–water partition coefficient (Wildman–Crippen LogP) is 4.20. The summed E-state index contributed by atoms with van der Waals surface area (Å²) in [5.74, 6) is 1.25. The zero-order chi connectivity index (χ0) is 15.2. The van der Waals surface area contributed by atoms with Gasteiger partial charge in [-0.15, -0.1) is 0 Å². The summed E-state index contributed by atoms with van der Waals surface area (Å²) in [7, 11) is 1.66. The van der Waals surface area contributed by atoms with Crippen LogP contribution in [0.3, 0.4) is 0 Å². The summed E-state index contributed by atoms with van der Waals surface area (Å²) >= 11 is 6.15. The summed E-state index contributed by atoms with van der Waals surface area (Å²) < 4.78 is 11.2. The van der Waals surface area contributed by atoms with Crippen LogP contribution in [-0.2, 0) is 4.74 Å². The standard InChI is InChI=1S/C17H26ClNO2/c1-4-9-19-17(13-8-10-21-15(13)5-2)12-6-7-14(18)16(11-12)20-3/h6-7,11,13,15,17,19H,4-5,8-10H2,1-3H3. The Labute approximate surface area is 133 Å². The van der Waals surface area contributed by atoms with Crippen molar-refractivity contribution >= 4 is 11.6 Å². The van der Waals surface area contributed by atoms with Gasteiger partial charge in [-0.05, 0) is 43.5 Å². The summed E-state index contributed by atoms with van der Waals surface area (Å²) in [6, 6.07) is 6.38. The molecule has 118 valence electrons. The average Bonchev–Trinajstić information content (AvgIpc) is 2.97. The number of hydrogen-bond donors (Lipinski definition) is 1. The molecule has 0 saturated carbocycles. The molecule has 3 unspecified atom stereocenters. The summed E-state index contributed by atoms with van der Waals surface area (Å²) in [5.41, 5.74) is 1.23. The lowest BCUT2D eigenvalue weighted by molar-refractivity contribution is 0.0774. The van der Waals surface area contributed by atoms with Crippen LogP contribution in [0.25, 0.3) is 0 Å². The minimum absolute atomic E-state index is 0.295. The Balaban J connectivity index is 2.26. The first-order chi connectivity index (χ1) is 10.2. The van der Waals surface area contributed by atoms with E-state index in [1.165, 1.54) is 5.56 Å². The molecule has 1 heterocycles. The third-order valence-electron chi connectivity index (χ3n) is 4.24. The van der Waals surface area contributed by atoms with Crippen LogP contribution in [0, 0.1) is 5.92 Å². The van der Waals surface area contributed by atoms with E-state index in [-0.39, 0.29) is 0 Å². The third kappa shape index (κ3) is 3.91. The fourth-order valence-electron chi connectivity index (χ4n) is 3.15. The molecule has 1 aromatic rings. The van der Waals surface area contributed by atoms with E-state index in [1.807, 2.05) is 6.07 Å². The lowest BCUT2D eigenvalue weighted by Crippen LogP contribution is -2.33. The quantitative estimate of drug-likeness (QED) is 0.818. The van der Waals surface area contributed by atoms with Gasteiger partial charge < -0.3 is 14.8 Å². The normalized spacial score (nSPS) is 23.2. The SMILES string of the molecule is CCCNC(c1ccc(Cl)c(OC)c1)C1CCOC1CC. The number of halogens is 1. The van der Waals surface area contributed by atoms with Gasteiger partial charge in [0.05, 0.1) is 18.2 Å².